The van der Waals surface area contributed by atoms with E-state index >= 15 is 0 Å². The van der Waals surface area contributed by atoms with Crippen LogP contribution >= 0.6 is 0 Å². The van der Waals surface area contributed by atoms with Crippen LogP contribution in [0.5, 0.6) is 5.75 Å². The molecule has 0 unspecified atom stereocenters. The van der Waals surface area contributed by atoms with E-state index in [1.54, 1.807) is 60.7 Å². The third-order valence-corrected chi connectivity index (χ3v) is 3.49. The summed E-state index contributed by atoms with van der Waals surface area (Å²) in [5.74, 6) is -0.905. The van der Waals surface area contributed by atoms with Gasteiger partial charge in [-0.1, -0.05) is 30.3 Å². The highest BCUT2D eigenvalue weighted by atomic mass is 19.1. The van der Waals surface area contributed by atoms with Gasteiger partial charge in [0, 0.05) is 11.6 Å². The minimum absolute atomic E-state index is 0.138. The van der Waals surface area contributed by atoms with E-state index in [0.29, 0.717) is 22.3 Å². The van der Waals surface area contributed by atoms with Crippen LogP contribution < -0.4 is 4.74 Å². The van der Waals surface area contributed by atoms with Gasteiger partial charge in [-0.3, -0.25) is 0 Å². The summed E-state index contributed by atoms with van der Waals surface area (Å²) in [5.41, 5.74) is 1.92. The summed E-state index contributed by atoms with van der Waals surface area (Å²) in [4.78, 5) is 12.0. The summed E-state index contributed by atoms with van der Waals surface area (Å²) in [6, 6.07) is 21.4. The first-order valence-electron chi connectivity index (χ1n) is 7.25. The standard InChI is InChI=1S/C20H12FNO2/c21-19-12-17(24-20(23)16-4-2-1-3-5-16)10-11-18(19)15-8-6-14(13-22)7-9-15/h1-12H. The fourth-order valence-electron chi connectivity index (χ4n) is 2.26. The van der Waals surface area contributed by atoms with Crippen LogP contribution in [0.3, 0.4) is 0 Å². The minimum Gasteiger partial charge on any atom is -0.423 e. The lowest BCUT2D eigenvalue weighted by atomic mass is 10.0. The first-order chi connectivity index (χ1) is 11.7. The second-order valence-corrected chi connectivity index (χ2v) is 5.09. The van der Waals surface area contributed by atoms with Crippen molar-refractivity contribution in [1.29, 1.82) is 5.26 Å². The van der Waals surface area contributed by atoms with Crippen LogP contribution in [-0.4, -0.2) is 5.97 Å². The quantitative estimate of drug-likeness (QED) is 0.524. The molecule has 0 atom stereocenters. The predicted octanol–water partition coefficient (Wildman–Crippen LogP) is 4.58. The smallest absolute Gasteiger partial charge is 0.343 e. The van der Waals surface area contributed by atoms with E-state index in [2.05, 4.69) is 0 Å². The summed E-state index contributed by atoms with van der Waals surface area (Å²) in [6.07, 6.45) is 0. The first-order valence-corrected chi connectivity index (χ1v) is 7.25. The molecule has 3 nitrogen and oxygen atoms in total. The highest BCUT2D eigenvalue weighted by molar-refractivity contribution is 5.91. The molecule has 3 aromatic rings. The zero-order chi connectivity index (χ0) is 16.9. The third-order valence-electron chi connectivity index (χ3n) is 3.49. The van der Waals surface area contributed by atoms with Crippen molar-refractivity contribution in [3.05, 3.63) is 89.7 Å². The van der Waals surface area contributed by atoms with E-state index in [0.717, 1.165) is 0 Å². The van der Waals surface area contributed by atoms with Crippen LogP contribution in [0.2, 0.25) is 0 Å². The maximum absolute atomic E-state index is 14.3. The third kappa shape index (κ3) is 3.31. The molecule has 0 aliphatic rings. The lowest BCUT2D eigenvalue weighted by Gasteiger charge is -2.08. The number of nitrogens with zero attached hydrogens (tertiary/aromatic N) is 1. The lowest BCUT2D eigenvalue weighted by molar-refractivity contribution is 0.0734. The summed E-state index contributed by atoms with van der Waals surface area (Å²) in [5, 5.41) is 8.80. The molecule has 0 amide bonds. The zero-order valence-corrected chi connectivity index (χ0v) is 12.6. The Bertz CT molecular complexity index is 913. The van der Waals surface area contributed by atoms with E-state index < -0.39 is 11.8 Å². The fraction of sp³-hybridized carbons (Fsp3) is 0. The average molecular weight is 317 g/mol. The van der Waals surface area contributed by atoms with Gasteiger partial charge in [-0.25, -0.2) is 9.18 Å². The highest BCUT2D eigenvalue weighted by Crippen LogP contribution is 2.27. The number of hydrogen-bond donors (Lipinski definition) is 0. The van der Waals surface area contributed by atoms with Crippen molar-refractivity contribution < 1.29 is 13.9 Å². The zero-order valence-electron chi connectivity index (χ0n) is 12.6. The summed E-state index contributed by atoms with van der Waals surface area (Å²) in [7, 11) is 0. The van der Waals surface area contributed by atoms with Crippen LogP contribution in [0, 0.1) is 17.1 Å². The number of hydrogen-bond acceptors (Lipinski definition) is 3. The van der Waals surface area contributed by atoms with Gasteiger partial charge in [0.25, 0.3) is 0 Å². The largest absolute Gasteiger partial charge is 0.423 e. The molecule has 0 aromatic heterocycles. The molecule has 3 rings (SSSR count). The molecule has 24 heavy (non-hydrogen) atoms. The van der Waals surface area contributed by atoms with Crippen molar-refractivity contribution in [2.45, 2.75) is 0 Å². The Morgan fingerprint density at radius 2 is 1.67 bits per heavy atom. The van der Waals surface area contributed by atoms with Gasteiger partial charge < -0.3 is 4.74 Å². The van der Waals surface area contributed by atoms with E-state index in [4.69, 9.17) is 10.00 Å². The SMILES string of the molecule is N#Cc1ccc(-c2ccc(OC(=O)c3ccccc3)cc2F)cc1. The number of nitriles is 1. The monoisotopic (exact) mass is 317 g/mol. The first kappa shape index (κ1) is 15.4. The van der Waals surface area contributed by atoms with Crippen molar-refractivity contribution in [2.24, 2.45) is 0 Å². The molecule has 0 radical (unpaired) electrons. The Morgan fingerprint density at radius 3 is 2.29 bits per heavy atom. The Balaban J connectivity index is 1.82. The summed E-state index contributed by atoms with van der Waals surface area (Å²) < 4.78 is 19.5. The van der Waals surface area contributed by atoms with Gasteiger partial charge in [0.1, 0.15) is 11.6 Å². The van der Waals surface area contributed by atoms with Crippen molar-refractivity contribution >= 4 is 5.97 Å². The number of carbonyl (C=O) groups is 1. The second kappa shape index (κ2) is 6.76. The number of benzene rings is 3. The number of ether oxygens (including phenoxy) is 1. The predicted molar refractivity (Wildman–Crippen MR) is 88.0 cm³/mol. The van der Waals surface area contributed by atoms with Gasteiger partial charge in [0.2, 0.25) is 0 Å². The number of halogens is 1. The molecule has 0 fully saturated rings. The molecule has 0 heterocycles. The normalized spacial score (nSPS) is 10.0. The molecule has 0 bridgehead atoms. The summed E-state index contributed by atoms with van der Waals surface area (Å²) in [6.45, 7) is 0. The second-order valence-electron chi connectivity index (χ2n) is 5.09. The molecule has 0 aliphatic heterocycles. The van der Waals surface area contributed by atoms with Gasteiger partial charge >= 0.3 is 5.97 Å². The van der Waals surface area contributed by atoms with Crippen LogP contribution in [-0.2, 0) is 0 Å². The number of rotatable bonds is 3. The highest BCUT2D eigenvalue weighted by Gasteiger charge is 2.11. The molecular weight excluding hydrogens is 305 g/mol. The van der Waals surface area contributed by atoms with Crippen LogP contribution in [0.15, 0.2) is 72.8 Å². The summed E-state index contributed by atoms with van der Waals surface area (Å²) >= 11 is 0. The van der Waals surface area contributed by atoms with Crippen LogP contribution in [0.1, 0.15) is 15.9 Å². The number of carbonyl (C=O) groups excluding carboxylic acids is 1. The maximum atomic E-state index is 14.3. The van der Waals surface area contributed by atoms with Gasteiger partial charge in [-0.15, -0.1) is 0 Å². The van der Waals surface area contributed by atoms with Crippen LogP contribution in [0.4, 0.5) is 4.39 Å². The minimum atomic E-state index is -0.541. The van der Waals surface area contributed by atoms with Crippen molar-refractivity contribution in [2.75, 3.05) is 0 Å². The number of esters is 1. The molecule has 3 aromatic carbocycles. The Morgan fingerprint density at radius 1 is 0.958 bits per heavy atom. The molecule has 0 saturated carbocycles. The Labute approximate surface area is 138 Å². The van der Waals surface area contributed by atoms with Crippen molar-refractivity contribution in [3.63, 3.8) is 0 Å². The molecule has 4 heteroatoms. The Kier molecular flexibility index (Phi) is 4.35. The van der Waals surface area contributed by atoms with Gasteiger partial charge in [-0.2, -0.15) is 5.26 Å². The lowest BCUT2D eigenvalue weighted by Crippen LogP contribution is -2.08. The molecule has 0 aliphatic carbocycles. The van der Waals surface area contributed by atoms with Gasteiger partial charge in [0.15, 0.2) is 0 Å². The van der Waals surface area contributed by atoms with Crippen molar-refractivity contribution in [1.82, 2.24) is 0 Å². The van der Waals surface area contributed by atoms with Crippen LogP contribution in [0.25, 0.3) is 11.1 Å². The topological polar surface area (TPSA) is 50.1 Å². The van der Waals surface area contributed by atoms with E-state index in [1.165, 1.54) is 12.1 Å². The van der Waals surface area contributed by atoms with Gasteiger partial charge in [-0.05, 0) is 42.0 Å². The van der Waals surface area contributed by atoms with E-state index in [1.807, 2.05) is 6.07 Å². The Hall–Kier alpha value is -3.45. The van der Waals surface area contributed by atoms with E-state index in [-0.39, 0.29) is 5.75 Å². The average Bonchev–Trinajstić information content (AvgIpc) is 2.63. The van der Waals surface area contributed by atoms with Gasteiger partial charge in [0.05, 0.1) is 17.2 Å². The molecule has 0 N–H and O–H groups in total. The maximum Gasteiger partial charge on any atom is 0.343 e. The fourth-order valence-corrected chi connectivity index (χ4v) is 2.26. The molecule has 0 saturated heterocycles. The van der Waals surface area contributed by atoms with Crippen molar-refractivity contribution in [3.8, 4) is 22.9 Å². The molecule has 0 spiro atoms. The van der Waals surface area contributed by atoms with E-state index in [9.17, 15) is 9.18 Å². The molecule has 116 valence electrons. The molecular formula is C20H12FNO2.